The maximum absolute atomic E-state index is 14.3. The van der Waals surface area contributed by atoms with E-state index in [1.807, 2.05) is 5.38 Å². The van der Waals surface area contributed by atoms with Gasteiger partial charge >= 0.3 is 6.09 Å². The first-order chi connectivity index (χ1) is 16.7. The predicted molar refractivity (Wildman–Crippen MR) is 124 cm³/mol. The first-order valence-corrected chi connectivity index (χ1v) is 11.7. The first-order valence-electron chi connectivity index (χ1n) is 10.8. The van der Waals surface area contributed by atoms with Gasteiger partial charge in [-0.25, -0.2) is 13.6 Å². The van der Waals surface area contributed by atoms with Crippen molar-refractivity contribution in [2.75, 3.05) is 13.2 Å². The molecular formula is C24H25F2N3O5S. The maximum atomic E-state index is 14.3. The van der Waals surface area contributed by atoms with Crippen LogP contribution in [0, 0.1) is 12.3 Å². The Hall–Kier alpha value is -3.49. The number of terminal acetylenes is 1. The van der Waals surface area contributed by atoms with Crippen LogP contribution in [0.3, 0.4) is 0 Å². The zero-order valence-corrected chi connectivity index (χ0v) is 19.5. The SMILES string of the molecule is C#CCOC(=O)NC(Cc1ccccc1)C(O)C(=O)N1CC(F)(F)CC1C(=O)NCc1cccs1. The van der Waals surface area contributed by atoms with Gasteiger partial charge in [0.1, 0.15) is 6.04 Å². The molecule has 186 valence electrons. The van der Waals surface area contributed by atoms with E-state index in [0.717, 1.165) is 4.88 Å². The molecule has 0 radical (unpaired) electrons. The summed E-state index contributed by atoms with van der Waals surface area (Å²) >= 11 is 1.39. The smallest absolute Gasteiger partial charge is 0.408 e. The minimum atomic E-state index is -3.31. The number of benzene rings is 1. The van der Waals surface area contributed by atoms with E-state index in [9.17, 15) is 28.3 Å². The summed E-state index contributed by atoms with van der Waals surface area (Å²) in [7, 11) is 0. The molecule has 2 heterocycles. The monoisotopic (exact) mass is 505 g/mol. The van der Waals surface area contributed by atoms with Crippen molar-refractivity contribution >= 4 is 29.2 Å². The number of amides is 3. The Morgan fingerprint density at radius 1 is 1.26 bits per heavy atom. The Morgan fingerprint density at radius 2 is 2.00 bits per heavy atom. The van der Waals surface area contributed by atoms with E-state index >= 15 is 0 Å². The van der Waals surface area contributed by atoms with Crippen molar-refractivity contribution in [2.24, 2.45) is 0 Å². The molecule has 3 atom stereocenters. The van der Waals surface area contributed by atoms with Crippen LogP contribution in [0.25, 0.3) is 0 Å². The Kier molecular flexibility index (Phi) is 8.78. The number of hydrogen-bond donors (Lipinski definition) is 3. The van der Waals surface area contributed by atoms with Gasteiger partial charge in [-0.15, -0.1) is 17.8 Å². The quantitative estimate of drug-likeness (QED) is 0.452. The Labute approximate surface area is 205 Å². The van der Waals surface area contributed by atoms with Crippen LogP contribution in [0.1, 0.15) is 16.9 Å². The number of hydrogen-bond acceptors (Lipinski definition) is 6. The van der Waals surface area contributed by atoms with Crippen LogP contribution in [0.2, 0.25) is 0 Å². The van der Waals surface area contributed by atoms with Gasteiger partial charge in [0.2, 0.25) is 5.91 Å². The number of nitrogens with one attached hydrogen (secondary N) is 2. The third kappa shape index (κ3) is 7.24. The predicted octanol–water partition coefficient (Wildman–Crippen LogP) is 1.93. The zero-order valence-electron chi connectivity index (χ0n) is 18.7. The highest BCUT2D eigenvalue weighted by molar-refractivity contribution is 7.09. The normalized spacial score (nSPS) is 18.2. The van der Waals surface area contributed by atoms with E-state index in [0.29, 0.717) is 10.5 Å². The number of aliphatic hydroxyl groups is 1. The highest BCUT2D eigenvalue weighted by atomic mass is 32.1. The third-order valence-electron chi connectivity index (χ3n) is 5.39. The second-order valence-corrected chi connectivity index (χ2v) is 9.04. The summed E-state index contributed by atoms with van der Waals surface area (Å²) < 4.78 is 33.3. The van der Waals surface area contributed by atoms with E-state index in [2.05, 4.69) is 16.6 Å². The third-order valence-corrected chi connectivity index (χ3v) is 6.27. The summed E-state index contributed by atoms with van der Waals surface area (Å²) in [5.74, 6) is -3.04. The lowest BCUT2D eigenvalue weighted by atomic mass is 10.00. The van der Waals surface area contributed by atoms with Crippen LogP contribution in [0.15, 0.2) is 47.8 Å². The highest BCUT2D eigenvalue weighted by Crippen LogP contribution is 2.33. The molecule has 3 amide bonds. The lowest BCUT2D eigenvalue weighted by Crippen LogP contribution is -2.56. The topological polar surface area (TPSA) is 108 Å². The van der Waals surface area contributed by atoms with Crippen molar-refractivity contribution in [3.63, 3.8) is 0 Å². The molecule has 1 saturated heterocycles. The van der Waals surface area contributed by atoms with Gasteiger partial charge in [0.05, 0.1) is 19.1 Å². The molecule has 1 fully saturated rings. The Balaban J connectivity index is 1.75. The molecule has 1 aliphatic rings. The van der Waals surface area contributed by atoms with Crippen molar-refractivity contribution in [3.05, 3.63) is 58.3 Å². The molecule has 0 bridgehead atoms. The van der Waals surface area contributed by atoms with Gasteiger partial charge in [0, 0.05) is 11.3 Å². The molecule has 2 aromatic rings. The number of carbonyl (C=O) groups excluding carboxylic acids is 3. The molecule has 0 aliphatic carbocycles. The fraction of sp³-hybridized carbons (Fsp3) is 0.375. The molecule has 0 spiro atoms. The van der Waals surface area contributed by atoms with Gasteiger partial charge in [-0.2, -0.15) is 0 Å². The van der Waals surface area contributed by atoms with Gasteiger partial charge < -0.3 is 25.4 Å². The minimum Gasteiger partial charge on any atom is -0.436 e. The average Bonchev–Trinajstić information content (AvgIpc) is 3.47. The van der Waals surface area contributed by atoms with Crippen molar-refractivity contribution in [1.29, 1.82) is 0 Å². The summed E-state index contributed by atoms with van der Waals surface area (Å²) in [6, 6.07) is 9.51. The molecule has 3 rings (SSSR count). The number of aliphatic hydroxyl groups excluding tert-OH is 1. The van der Waals surface area contributed by atoms with E-state index in [1.165, 1.54) is 11.3 Å². The van der Waals surface area contributed by atoms with Crippen molar-refractivity contribution in [1.82, 2.24) is 15.5 Å². The number of alkyl halides is 2. The summed E-state index contributed by atoms with van der Waals surface area (Å²) in [4.78, 5) is 39.4. The van der Waals surface area contributed by atoms with Crippen molar-refractivity contribution < 1.29 is 33.0 Å². The zero-order chi connectivity index (χ0) is 25.4. The van der Waals surface area contributed by atoms with Crippen LogP contribution < -0.4 is 10.6 Å². The number of thiophene rings is 1. The fourth-order valence-electron chi connectivity index (χ4n) is 3.74. The van der Waals surface area contributed by atoms with E-state index in [4.69, 9.17) is 11.2 Å². The molecule has 1 aromatic carbocycles. The number of alkyl carbamates (subject to hydrolysis) is 1. The number of nitrogens with zero attached hydrogens (tertiary/aromatic N) is 1. The number of carbonyl (C=O) groups is 3. The van der Waals surface area contributed by atoms with E-state index < -0.39 is 55.0 Å². The lowest BCUT2D eigenvalue weighted by molar-refractivity contribution is -0.147. The van der Waals surface area contributed by atoms with Gasteiger partial charge in [0.15, 0.2) is 12.7 Å². The molecule has 0 saturated carbocycles. The molecule has 11 heteroatoms. The van der Waals surface area contributed by atoms with Gasteiger partial charge in [0.25, 0.3) is 11.8 Å². The number of likely N-dealkylation sites (tertiary alicyclic amines) is 1. The van der Waals surface area contributed by atoms with Crippen LogP contribution in [-0.2, 0) is 27.3 Å². The first kappa shape index (κ1) is 26.1. The van der Waals surface area contributed by atoms with Crippen LogP contribution in [0.5, 0.6) is 0 Å². The molecular weight excluding hydrogens is 480 g/mol. The maximum Gasteiger partial charge on any atom is 0.408 e. The number of halogens is 2. The summed E-state index contributed by atoms with van der Waals surface area (Å²) in [6.45, 7) is -1.24. The van der Waals surface area contributed by atoms with Gasteiger partial charge in [-0.3, -0.25) is 9.59 Å². The van der Waals surface area contributed by atoms with Crippen LogP contribution in [-0.4, -0.2) is 65.2 Å². The molecule has 3 unspecified atom stereocenters. The molecule has 8 nitrogen and oxygen atoms in total. The second kappa shape index (κ2) is 11.8. The minimum absolute atomic E-state index is 0.00161. The standard InChI is InChI=1S/C24H25F2N3O5S/c1-2-10-34-23(33)28-18(12-16-7-4-3-5-8-16)20(30)22(32)29-15-24(25,26)13-19(29)21(31)27-14-17-9-6-11-35-17/h1,3-9,11,18-20,30H,10,12-15H2,(H,27,31)(H,28,33). The molecule has 1 aromatic heterocycles. The number of rotatable bonds is 9. The number of ether oxygens (including phenoxy) is 1. The van der Waals surface area contributed by atoms with Crippen LogP contribution >= 0.6 is 11.3 Å². The average molecular weight is 506 g/mol. The van der Waals surface area contributed by atoms with Gasteiger partial charge in [-0.1, -0.05) is 42.3 Å². The Morgan fingerprint density at radius 3 is 2.66 bits per heavy atom. The molecule has 1 aliphatic heterocycles. The highest BCUT2D eigenvalue weighted by Gasteiger charge is 2.51. The Bertz CT molecular complexity index is 1060. The molecule has 3 N–H and O–H groups in total. The van der Waals surface area contributed by atoms with E-state index in [-0.39, 0.29) is 19.6 Å². The molecule has 35 heavy (non-hydrogen) atoms. The largest absolute Gasteiger partial charge is 0.436 e. The van der Waals surface area contributed by atoms with Crippen molar-refractivity contribution in [2.45, 2.75) is 43.5 Å². The summed E-state index contributed by atoms with van der Waals surface area (Å²) in [5.41, 5.74) is 0.665. The summed E-state index contributed by atoms with van der Waals surface area (Å²) in [6.07, 6.45) is 1.30. The van der Waals surface area contributed by atoms with E-state index in [1.54, 1.807) is 42.5 Å². The van der Waals surface area contributed by atoms with Gasteiger partial charge in [-0.05, 0) is 23.4 Å². The lowest BCUT2D eigenvalue weighted by Gasteiger charge is -2.29. The van der Waals surface area contributed by atoms with Crippen LogP contribution in [0.4, 0.5) is 13.6 Å². The van der Waals surface area contributed by atoms with Crippen molar-refractivity contribution in [3.8, 4) is 12.3 Å². The fourth-order valence-corrected chi connectivity index (χ4v) is 4.38. The second-order valence-electron chi connectivity index (χ2n) is 8.00. The summed E-state index contributed by atoms with van der Waals surface area (Å²) in [5, 5.41) is 17.6.